The lowest BCUT2D eigenvalue weighted by molar-refractivity contribution is -0.145. The molecular weight excluding hydrogens is 288 g/mol. The number of carbonyl (C=O) groups is 1. The molecule has 0 amide bonds. The van der Waals surface area contributed by atoms with E-state index in [0.717, 1.165) is 4.47 Å². The van der Waals surface area contributed by atoms with Crippen LogP contribution in [0.15, 0.2) is 22.7 Å². The van der Waals surface area contributed by atoms with E-state index in [9.17, 15) is 4.79 Å². The molecule has 0 aromatic heterocycles. The minimum Gasteiger partial charge on any atom is -0.490 e. The summed E-state index contributed by atoms with van der Waals surface area (Å²) in [6, 6.07) is 5.24. The van der Waals surface area contributed by atoms with E-state index < -0.39 is 12.1 Å². The first kappa shape index (κ1) is 13.8. The third kappa shape index (κ3) is 3.93. The van der Waals surface area contributed by atoms with Crippen molar-refractivity contribution in [1.82, 2.24) is 0 Å². The maximum Gasteiger partial charge on any atom is 0.344 e. The van der Waals surface area contributed by atoms with Crippen LogP contribution < -0.4 is 9.47 Å². The van der Waals surface area contributed by atoms with Gasteiger partial charge >= 0.3 is 5.97 Å². The second kappa shape index (κ2) is 6.49. The second-order valence-corrected chi connectivity index (χ2v) is 4.29. The van der Waals surface area contributed by atoms with Crippen LogP contribution in [0.4, 0.5) is 0 Å². The van der Waals surface area contributed by atoms with E-state index in [2.05, 4.69) is 15.9 Å². The highest BCUT2D eigenvalue weighted by Crippen LogP contribution is 2.31. The summed E-state index contributed by atoms with van der Waals surface area (Å²) in [5.41, 5.74) is 0. The maximum atomic E-state index is 10.9. The van der Waals surface area contributed by atoms with Crippen LogP contribution >= 0.6 is 15.9 Å². The monoisotopic (exact) mass is 302 g/mol. The zero-order valence-corrected chi connectivity index (χ0v) is 11.4. The van der Waals surface area contributed by atoms with Crippen molar-refractivity contribution in [1.29, 1.82) is 0 Å². The van der Waals surface area contributed by atoms with E-state index in [-0.39, 0.29) is 0 Å². The molecular formula is C12H15BrO4. The van der Waals surface area contributed by atoms with Crippen LogP contribution in [0, 0.1) is 0 Å². The molecule has 0 radical (unpaired) electrons. The lowest BCUT2D eigenvalue weighted by atomic mass is 10.2. The van der Waals surface area contributed by atoms with E-state index in [1.54, 1.807) is 25.1 Å². The first-order valence-electron chi connectivity index (χ1n) is 5.40. The summed E-state index contributed by atoms with van der Waals surface area (Å²) >= 11 is 3.33. The molecule has 17 heavy (non-hydrogen) atoms. The van der Waals surface area contributed by atoms with Gasteiger partial charge in [0, 0.05) is 4.47 Å². The molecule has 1 aromatic rings. The molecule has 0 saturated carbocycles. The van der Waals surface area contributed by atoms with Gasteiger partial charge in [0.25, 0.3) is 0 Å². The normalized spacial score (nSPS) is 11.9. The van der Waals surface area contributed by atoms with Gasteiger partial charge < -0.3 is 14.6 Å². The van der Waals surface area contributed by atoms with E-state index in [0.29, 0.717) is 24.5 Å². The summed E-state index contributed by atoms with van der Waals surface area (Å²) in [5, 5.41) is 8.93. The number of carboxylic acids is 1. The highest BCUT2D eigenvalue weighted by atomic mass is 79.9. The second-order valence-electron chi connectivity index (χ2n) is 3.38. The number of hydrogen-bond acceptors (Lipinski definition) is 3. The van der Waals surface area contributed by atoms with Gasteiger partial charge in [-0.1, -0.05) is 22.9 Å². The Hall–Kier alpha value is -1.23. The standard InChI is InChI=1S/C12H15BrO4/c1-3-9(12(14)15)17-10-6-5-8(13)7-11(10)16-4-2/h5-7,9H,3-4H2,1-2H3,(H,14,15). The molecule has 0 bridgehead atoms. The van der Waals surface area contributed by atoms with Gasteiger partial charge in [-0.3, -0.25) is 0 Å². The minimum atomic E-state index is -0.974. The predicted octanol–water partition coefficient (Wildman–Crippen LogP) is 3.09. The Morgan fingerprint density at radius 3 is 2.65 bits per heavy atom. The summed E-state index contributed by atoms with van der Waals surface area (Å²) < 4.78 is 11.7. The van der Waals surface area contributed by atoms with Crippen molar-refractivity contribution >= 4 is 21.9 Å². The smallest absolute Gasteiger partial charge is 0.344 e. The van der Waals surface area contributed by atoms with Crippen LogP contribution in [0.1, 0.15) is 20.3 Å². The molecule has 0 aliphatic heterocycles. The molecule has 4 nitrogen and oxygen atoms in total. The molecule has 1 unspecified atom stereocenters. The van der Waals surface area contributed by atoms with Gasteiger partial charge in [0.15, 0.2) is 17.6 Å². The Kier molecular flexibility index (Phi) is 5.28. The molecule has 0 heterocycles. The fraction of sp³-hybridized carbons (Fsp3) is 0.417. The van der Waals surface area contributed by atoms with Gasteiger partial charge in [0.1, 0.15) is 0 Å². The van der Waals surface area contributed by atoms with Crippen molar-refractivity contribution < 1.29 is 19.4 Å². The SMILES string of the molecule is CCOc1cc(Br)ccc1OC(CC)C(=O)O. The lowest BCUT2D eigenvalue weighted by Crippen LogP contribution is -2.26. The summed E-state index contributed by atoms with van der Waals surface area (Å²) in [6.45, 7) is 4.12. The fourth-order valence-corrected chi connectivity index (χ4v) is 1.65. The maximum absolute atomic E-state index is 10.9. The van der Waals surface area contributed by atoms with E-state index in [4.69, 9.17) is 14.6 Å². The molecule has 0 spiro atoms. The quantitative estimate of drug-likeness (QED) is 0.877. The molecule has 0 aliphatic rings. The van der Waals surface area contributed by atoms with Gasteiger partial charge in [-0.2, -0.15) is 0 Å². The zero-order valence-electron chi connectivity index (χ0n) is 9.77. The van der Waals surface area contributed by atoms with Crippen LogP contribution in [-0.2, 0) is 4.79 Å². The number of aliphatic carboxylic acids is 1. The summed E-state index contributed by atoms with van der Waals surface area (Å²) in [6.07, 6.45) is -0.452. The minimum absolute atomic E-state index is 0.400. The summed E-state index contributed by atoms with van der Waals surface area (Å²) in [4.78, 5) is 10.9. The average molecular weight is 303 g/mol. The molecule has 0 aliphatic carbocycles. The van der Waals surface area contributed by atoms with E-state index >= 15 is 0 Å². The van der Waals surface area contributed by atoms with Gasteiger partial charge in [-0.25, -0.2) is 4.79 Å². The highest BCUT2D eigenvalue weighted by Gasteiger charge is 2.18. The van der Waals surface area contributed by atoms with Crippen molar-refractivity contribution in [3.05, 3.63) is 22.7 Å². The Labute approximate surface area is 109 Å². The Morgan fingerprint density at radius 1 is 1.41 bits per heavy atom. The van der Waals surface area contributed by atoms with Crippen molar-refractivity contribution in [3.63, 3.8) is 0 Å². The van der Waals surface area contributed by atoms with E-state index in [1.807, 2.05) is 6.92 Å². The fourth-order valence-electron chi connectivity index (χ4n) is 1.31. The number of hydrogen-bond donors (Lipinski definition) is 1. The Balaban J connectivity index is 2.92. The first-order valence-corrected chi connectivity index (χ1v) is 6.19. The summed E-state index contributed by atoms with van der Waals surface area (Å²) in [7, 11) is 0. The molecule has 5 heteroatoms. The lowest BCUT2D eigenvalue weighted by Gasteiger charge is -2.16. The Morgan fingerprint density at radius 2 is 2.12 bits per heavy atom. The topological polar surface area (TPSA) is 55.8 Å². The van der Waals surface area contributed by atoms with Crippen LogP contribution in [0.25, 0.3) is 0 Å². The van der Waals surface area contributed by atoms with Crippen LogP contribution in [0.2, 0.25) is 0 Å². The summed E-state index contributed by atoms with van der Waals surface area (Å²) in [5.74, 6) is 0.0174. The average Bonchev–Trinajstić information content (AvgIpc) is 2.28. The van der Waals surface area contributed by atoms with Crippen LogP contribution in [-0.4, -0.2) is 23.8 Å². The number of rotatable bonds is 6. The van der Waals surface area contributed by atoms with Crippen LogP contribution in [0.5, 0.6) is 11.5 Å². The molecule has 0 fully saturated rings. The molecule has 1 aromatic carbocycles. The third-order valence-electron chi connectivity index (χ3n) is 2.12. The van der Waals surface area contributed by atoms with Crippen molar-refractivity contribution in [3.8, 4) is 11.5 Å². The molecule has 0 saturated heterocycles. The number of ether oxygens (including phenoxy) is 2. The zero-order chi connectivity index (χ0) is 12.8. The number of halogens is 1. The van der Waals surface area contributed by atoms with Crippen molar-refractivity contribution in [2.45, 2.75) is 26.4 Å². The van der Waals surface area contributed by atoms with Gasteiger partial charge in [-0.05, 0) is 31.5 Å². The molecule has 1 N–H and O–H groups in total. The van der Waals surface area contributed by atoms with Crippen molar-refractivity contribution in [2.24, 2.45) is 0 Å². The number of benzene rings is 1. The van der Waals surface area contributed by atoms with E-state index in [1.165, 1.54) is 0 Å². The molecule has 1 atom stereocenters. The Bertz CT molecular complexity index is 392. The van der Waals surface area contributed by atoms with Gasteiger partial charge in [0.05, 0.1) is 6.61 Å². The van der Waals surface area contributed by atoms with Gasteiger partial charge in [0.2, 0.25) is 0 Å². The van der Waals surface area contributed by atoms with Crippen LogP contribution in [0.3, 0.4) is 0 Å². The highest BCUT2D eigenvalue weighted by molar-refractivity contribution is 9.10. The molecule has 1 rings (SSSR count). The van der Waals surface area contributed by atoms with Gasteiger partial charge in [-0.15, -0.1) is 0 Å². The largest absolute Gasteiger partial charge is 0.490 e. The third-order valence-corrected chi connectivity index (χ3v) is 2.61. The number of carboxylic acid groups (broad SMARTS) is 1. The van der Waals surface area contributed by atoms with Crippen molar-refractivity contribution in [2.75, 3.05) is 6.61 Å². The predicted molar refractivity (Wildman–Crippen MR) is 67.7 cm³/mol. The first-order chi connectivity index (χ1) is 8.08. The molecule has 94 valence electrons.